The van der Waals surface area contributed by atoms with Crippen molar-refractivity contribution in [1.29, 1.82) is 0 Å². The largest absolute Gasteiger partial charge is 0.325 e. The molecule has 0 bridgehead atoms. The summed E-state index contributed by atoms with van der Waals surface area (Å²) in [6, 6.07) is 0.619. The van der Waals surface area contributed by atoms with Crippen molar-refractivity contribution >= 4 is 0 Å². The molecular weight excluding hydrogens is 188 g/mol. The molecule has 0 radical (unpaired) electrons. The van der Waals surface area contributed by atoms with Gasteiger partial charge in [-0.1, -0.05) is 11.6 Å². The second kappa shape index (κ2) is 3.59. The van der Waals surface area contributed by atoms with E-state index in [0.29, 0.717) is 18.5 Å². The molecule has 2 saturated carbocycles. The van der Waals surface area contributed by atoms with E-state index in [1.54, 1.807) is 0 Å². The van der Waals surface area contributed by atoms with E-state index in [4.69, 9.17) is 5.73 Å². The maximum absolute atomic E-state index is 5.72. The van der Waals surface area contributed by atoms with Crippen molar-refractivity contribution in [3.63, 3.8) is 0 Å². The van der Waals surface area contributed by atoms with Crippen LogP contribution in [0.3, 0.4) is 0 Å². The number of rotatable bonds is 3. The molecule has 1 aromatic rings. The molecule has 1 heterocycles. The van der Waals surface area contributed by atoms with Crippen LogP contribution in [-0.4, -0.2) is 15.0 Å². The third kappa shape index (κ3) is 1.39. The molecule has 15 heavy (non-hydrogen) atoms. The van der Waals surface area contributed by atoms with Crippen molar-refractivity contribution in [2.45, 2.75) is 57.0 Å². The molecule has 0 spiro atoms. The predicted octanol–water partition coefficient (Wildman–Crippen LogP) is 1.73. The number of nitrogens with zero attached hydrogens (tertiary/aromatic N) is 3. The molecule has 3 rings (SSSR count). The minimum absolute atomic E-state index is 0.540. The Morgan fingerprint density at radius 3 is 2.40 bits per heavy atom. The molecule has 82 valence electrons. The molecule has 4 heteroatoms. The standard InChI is InChI=1S/C11H18N4/c12-7-10-11(8-3-1-4-8)15(14-13-10)9-5-2-6-9/h8-9H,1-7,12H2. The van der Waals surface area contributed by atoms with Crippen LogP contribution in [0.2, 0.25) is 0 Å². The predicted molar refractivity (Wildman–Crippen MR) is 57.4 cm³/mol. The topological polar surface area (TPSA) is 56.7 Å². The number of hydrogen-bond acceptors (Lipinski definition) is 3. The average molecular weight is 206 g/mol. The second-order valence-electron chi connectivity index (χ2n) is 4.78. The quantitative estimate of drug-likeness (QED) is 0.819. The van der Waals surface area contributed by atoms with Crippen molar-refractivity contribution < 1.29 is 0 Å². The first-order valence-corrected chi connectivity index (χ1v) is 6.04. The summed E-state index contributed by atoms with van der Waals surface area (Å²) < 4.78 is 2.18. The highest BCUT2D eigenvalue weighted by Crippen LogP contribution is 2.41. The smallest absolute Gasteiger partial charge is 0.0997 e. The molecule has 4 nitrogen and oxygen atoms in total. The zero-order valence-corrected chi connectivity index (χ0v) is 9.02. The summed E-state index contributed by atoms with van der Waals surface area (Å²) in [6.45, 7) is 0.540. The molecule has 2 aliphatic rings. The highest BCUT2D eigenvalue weighted by atomic mass is 15.4. The van der Waals surface area contributed by atoms with Crippen molar-refractivity contribution in [2.24, 2.45) is 5.73 Å². The molecule has 2 N–H and O–H groups in total. The van der Waals surface area contributed by atoms with Gasteiger partial charge in [-0.05, 0) is 32.1 Å². The van der Waals surface area contributed by atoms with Gasteiger partial charge in [-0.15, -0.1) is 5.10 Å². The van der Waals surface area contributed by atoms with E-state index in [1.807, 2.05) is 0 Å². The zero-order valence-electron chi connectivity index (χ0n) is 9.02. The molecule has 2 fully saturated rings. The van der Waals surface area contributed by atoms with Crippen LogP contribution in [0.4, 0.5) is 0 Å². The fraction of sp³-hybridized carbons (Fsp3) is 0.818. The van der Waals surface area contributed by atoms with Crippen LogP contribution in [0, 0.1) is 0 Å². The monoisotopic (exact) mass is 206 g/mol. The lowest BCUT2D eigenvalue weighted by Crippen LogP contribution is -2.24. The van der Waals surface area contributed by atoms with Crippen molar-refractivity contribution in [3.05, 3.63) is 11.4 Å². The Morgan fingerprint density at radius 2 is 1.93 bits per heavy atom. The van der Waals surface area contributed by atoms with Crippen LogP contribution >= 0.6 is 0 Å². The summed E-state index contributed by atoms with van der Waals surface area (Å²) in [6.07, 6.45) is 7.83. The maximum Gasteiger partial charge on any atom is 0.0997 e. The van der Waals surface area contributed by atoms with Gasteiger partial charge >= 0.3 is 0 Å². The minimum Gasteiger partial charge on any atom is -0.325 e. The van der Waals surface area contributed by atoms with Crippen LogP contribution in [0.15, 0.2) is 0 Å². The Hall–Kier alpha value is -0.900. The van der Waals surface area contributed by atoms with Crippen LogP contribution in [0.25, 0.3) is 0 Å². The van der Waals surface area contributed by atoms with E-state index in [9.17, 15) is 0 Å². The van der Waals surface area contributed by atoms with Crippen LogP contribution in [0.5, 0.6) is 0 Å². The molecule has 0 unspecified atom stereocenters. The molecule has 0 saturated heterocycles. The van der Waals surface area contributed by atoms with Gasteiger partial charge in [0.25, 0.3) is 0 Å². The van der Waals surface area contributed by atoms with E-state index >= 15 is 0 Å². The van der Waals surface area contributed by atoms with Crippen LogP contribution in [0.1, 0.15) is 61.9 Å². The molecule has 0 aromatic carbocycles. The Balaban J connectivity index is 1.93. The molecule has 0 aliphatic heterocycles. The third-order valence-corrected chi connectivity index (χ3v) is 3.91. The van der Waals surface area contributed by atoms with Crippen molar-refractivity contribution in [3.8, 4) is 0 Å². The maximum atomic E-state index is 5.72. The third-order valence-electron chi connectivity index (χ3n) is 3.91. The number of aromatic nitrogens is 3. The summed E-state index contributed by atoms with van der Waals surface area (Å²) in [5.74, 6) is 0.694. The zero-order chi connectivity index (χ0) is 10.3. The minimum atomic E-state index is 0.540. The molecule has 0 amide bonds. The van der Waals surface area contributed by atoms with Gasteiger partial charge in [-0.3, -0.25) is 0 Å². The summed E-state index contributed by atoms with van der Waals surface area (Å²) in [7, 11) is 0. The van der Waals surface area contributed by atoms with Crippen LogP contribution < -0.4 is 5.73 Å². The molecule has 1 aromatic heterocycles. The van der Waals surface area contributed by atoms with Gasteiger partial charge in [-0.2, -0.15) is 0 Å². The summed E-state index contributed by atoms with van der Waals surface area (Å²) in [5.41, 5.74) is 8.11. The Labute approximate surface area is 89.8 Å². The Morgan fingerprint density at radius 1 is 1.20 bits per heavy atom. The van der Waals surface area contributed by atoms with E-state index in [-0.39, 0.29) is 0 Å². The lowest BCUT2D eigenvalue weighted by Gasteiger charge is -2.32. The van der Waals surface area contributed by atoms with E-state index in [2.05, 4.69) is 15.0 Å². The first-order valence-electron chi connectivity index (χ1n) is 6.04. The van der Waals surface area contributed by atoms with Gasteiger partial charge in [0.1, 0.15) is 0 Å². The lowest BCUT2D eigenvalue weighted by molar-refractivity contribution is 0.262. The average Bonchev–Trinajstić information content (AvgIpc) is 2.44. The fourth-order valence-electron chi connectivity index (χ4n) is 2.48. The van der Waals surface area contributed by atoms with E-state index in [1.165, 1.54) is 44.2 Å². The molecule has 2 aliphatic carbocycles. The van der Waals surface area contributed by atoms with Gasteiger partial charge in [0.2, 0.25) is 0 Å². The fourth-order valence-corrected chi connectivity index (χ4v) is 2.48. The SMILES string of the molecule is NCc1nnn(C2CCC2)c1C1CCC1. The van der Waals surface area contributed by atoms with Gasteiger partial charge < -0.3 is 5.73 Å². The molecular formula is C11H18N4. The van der Waals surface area contributed by atoms with Crippen molar-refractivity contribution in [2.75, 3.05) is 0 Å². The second-order valence-corrected chi connectivity index (χ2v) is 4.78. The van der Waals surface area contributed by atoms with E-state index in [0.717, 1.165) is 5.69 Å². The first-order chi connectivity index (χ1) is 7.40. The summed E-state index contributed by atoms with van der Waals surface area (Å²) in [5, 5.41) is 8.53. The van der Waals surface area contributed by atoms with Gasteiger partial charge in [0, 0.05) is 12.5 Å². The van der Waals surface area contributed by atoms with E-state index < -0.39 is 0 Å². The summed E-state index contributed by atoms with van der Waals surface area (Å²) in [4.78, 5) is 0. The van der Waals surface area contributed by atoms with Gasteiger partial charge in [-0.25, -0.2) is 4.68 Å². The lowest BCUT2D eigenvalue weighted by atomic mass is 9.81. The van der Waals surface area contributed by atoms with Gasteiger partial charge in [0.15, 0.2) is 0 Å². The number of hydrogen-bond donors (Lipinski definition) is 1. The Kier molecular flexibility index (Phi) is 2.24. The highest BCUT2D eigenvalue weighted by Gasteiger charge is 2.31. The Bertz CT molecular complexity index is 349. The highest BCUT2D eigenvalue weighted by molar-refractivity contribution is 5.19. The normalized spacial score (nSPS) is 22.5. The molecule has 0 atom stereocenters. The first kappa shape index (κ1) is 9.33. The van der Waals surface area contributed by atoms with Gasteiger partial charge in [0.05, 0.1) is 17.4 Å². The van der Waals surface area contributed by atoms with Crippen molar-refractivity contribution in [1.82, 2.24) is 15.0 Å². The van der Waals surface area contributed by atoms with Crippen LogP contribution in [-0.2, 0) is 6.54 Å². The number of nitrogens with two attached hydrogens (primary N) is 1. The summed E-state index contributed by atoms with van der Waals surface area (Å²) >= 11 is 0.